The van der Waals surface area contributed by atoms with Gasteiger partial charge in [-0.2, -0.15) is 0 Å². The Bertz CT molecular complexity index is 677. The quantitative estimate of drug-likeness (QED) is 0.793. The van der Waals surface area contributed by atoms with Crippen molar-refractivity contribution in [2.45, 2.75) is 34.1 Å². The summed E-state index contributed by atoms with van der Waals surface area (Å²) in [6.07, 6.45) is 2.67. The van der Waals surface area contributed by atoms with Crippen molar-refractivity contribution in [3.8, 4) is 9.75 Å². The second kappa shape index (κ2) is 6.58. The summed E-state index contributed by atoms with van der Waals surface area (Å²) in [5.74, 6) is -1.10. The Morgan fingerprint density at radius 1 is 1.33 bits per heavy atom. The highest BCUT2D eigenvalue weighted by molar-refractivity contribution is 7.22. The lowest BCUT2D eigenvalue weighted by molar-refractivity contribution is -0.141. The molecule has 21 heavy (non-hydrogen) atoms. The molecule has 0 aliphatic carbocycles. The van der Waals surface area contributed by atoms with E-state index in [0.29, 0.717) is 6.42 Å². The molecule has 2 aromatic heterocycles. The van der Waals surface area contributed by atoms with Crippen molar-refractivity contribution >= 4 is 34.2 Å². The lowest BCUT2D eigenvalue weighted by atomic mass is 9.99. The van der Waals surface area contributed by atoms with Crippen LogP contribution in [0.1, 0.15) is 36.1 Å². The number of aliphatic carboxylic acids is 1. The van der Waals surface area contributed by atoms with Crippen LogP contribution in [-0.4, -0.2) is 11.1 Å². The number of rotatable bonds is 5. The van der Waals surface area contributed by atoms with E-state index in [1.165, 1.54) is 25.1 Å². The molecule has 0 aliphatic rings. The Morgan fingerprint density at radius 3 is 2.57 bits per heavy atom. The van der Waals surface area contributed by atoms with E-state index < -0.39 is 5.97 Å². The molecule has 2 nitrogen and oxygen atoms in total. The highest BCUT2D eigenvalue weighted by atomic mass is 32.1. The number of carboxylic acids is 1. The van der Waals surface area contributed by atoms with Gasteiger partial charge in [-0.3, -0.25) is 4.79 Å². The fourth-order valence-electron chi connectivity index (χ4n) is 2.15. The van der Waals surface area contributed by atoms with E-state index in [0.717, 1.165) is 5.56 Å². The first-order chi connectivity index (χ1) is 9.92. The van der Waals surface area contributed by atoms with E-state index in [1.807, 2.05) is 6.92 Å². The van der Waals surface area contributed by atoms with Gasteiger partial charge < -0.3 is 5.11 Å². The van der Waals surface area contributed by atoms with E-state index in [4.69, 9.17) is 5.11 Å². The Kier molecular flexibility index (Phi) is 5.01. The van der Waals surface area contributed by atoms with Crippen LogP contribution in [0.5, 0.6) is 0 Å². The van der Waals surface area contributed by atoms with Crippen LogP contribution in [0.25, 0.3) is 15.3 Å². The zero-order valence-corrected chi connectivity index (χ0v) is 14.4. The maximum Gasteiger partial charge on any atom is 0.306 e. The van der Waals surface area contributed by atoms with Crippen LogP contribution < -0.4 is 0 Å². The molecule has 4 heteroatoms. The van der Waals surface area contributed by atoms with E-state index in [-0.39, 0.29) is 5.92 Å². The first-order valence-electron chi connectivity index (χ1n) is 6.98. The molecule has 0 saturated heterocycles. The minimum atomic E-state index is -0.737. The SMILES string of the molecule is CC=C(C)c1sc(-c2ccc(C)s2)cc1CC(C)C(=O)O. The third-order valence-electron chi connectivity index (χ3n) is 3.53. The largest absolute Gasteiger partial charge is 0.481 e. The molecule has 0 aromatic carbocycles. The summed E-state index contributed by atoms with van der Waals surface area (Å²) in [5, 5.41) is 9.15. The van der Waals surface area contributed by atoms with Gasteiger partial charge in [0.2, 0.25) is 0 Å². The van der Waals surface area contributed by atoms with Gasteiger partial charge in [0.15, 0.2) is 0 Å². The smallest absolute Gasteiger partial charge is 0.306 e. The molecule has 1 unspecified atom stereocenters. The van der Waals surface area contributed by atoms with Gasteiger partial charge in [-0.05, 0) is 56.5 Å². The summed E-state index contributed by atoms with van der Waals surface area (Å²) >= 11 is 3.54. The second-order valence-electron chi connectivity index (χ2n) is 5.29. The summed E-state index contributed by atoms with van der Waals surface area (Å²) in [6.45, 7) is 7.98. The molecule has 2 heterocycles. The van der Waals surface area contributed by atoms with Gasteiger partial charge in [0.25, 0.3) is 0 Å². The molecular weight excluding hydrogens is 300 g/mol. The normalized spacial score (nSPS) is 13.4. The van der Waals surface area contributed by atoms with Crippen molar-refractivity contribution in [2.75, 3.05) is 0 Å². The molecule has 0 aliphatic heterocycles. The maximum atomic E-state index is 11.1. The Balaban J connectivity index is 2.42. The van der Waals surface area contributed by atoms with Crippen molar-refractivity contribution in [2.24, 2.45) is 5.92 Å². The van der Waals surface area contributed by atoms with Gasteiger partial charge in [-0.15, -0.1) is 22.7 Å². The first kappa shape index (κ1) is 16.0. The minimum absolute atomic E-state index is 0.360. The average molecular weight is 320 g/mol. The van der Waals surface area contributed by atoms with Crippen LogP contribution in [0.2, 0.25) is 0 Å². The molecule has 2 rings (SSSR count). The topological polar surface area (TPSA) is 37.3 Å². The summed E-state index contributed by atoms with van der Waals surface area (Å²) in [7, 11) is 0. The average Bonchev–Trinajstić information content (AvgIpc) is 3.04. The molecule has 0 radical (unpaired) electrons. The maximum absolute atomic E-state index is 11.1. The number of hydrogen-bond acceptors (Lipinski definition) is 3. The molecule has 0 saturated carbocycles. The Morgan fingerprint density at radius 2 is 2.05 bits per heavy atom. The van der Waals surface area contributed by atoms with Crippen LogP contribution in [0, 0.1) is 12.8 Å². The van der Waals surface area contributed by atoms with Crippen molar-refractivity contribution in [3.05, 3.63) is 39.6 Å². The van der Waals surface area contributed by atoms with Crippen molar-refractivity contribution in [1.29, 1.82) is 0 Å². The van der Waals surface area contributed by atoms with Crippen molar-refractivity contribution < 1.29 is 9.90 Å². The molecule has 0 bridgehead atoms. The summed E-state index contributed by atoms with van der Waals surface area (Å²) in [4.78, 5) is 16.1. The molecular formula is C17H20O2S2. The van der Waals surface area contributed by atoms with Crippen LogP contribution >= 0.6 is 22.7 Å². The molecule has 1 N–H and O–H groups in total. The predicted molar refractivity (Wildman–Crippen MR) is 92.2 cm³/mol. The lowest BCUT2D eigenvalue weighted by Crippen LogP contribution is -2.12. The van der Waals surface area contributed by atoms with E-state index in [1.54, 1.807) is 29.6 Å². The predicted octanol–water partition coefficient (Wildman–Crippen LogP) is 5.47. The van der Waals surface area contributed by atoms with Crippen molar-refractivity contribution in [1.82, 2.24) is 0 Å². The minimum Gasteiger partial charge on any atom is -0.481 e. The van der Waals surface area contributed by atoms with Gasteiger partial charge in [0.05, 0.1) is 5.92 Å². The molecule has 0 amide bonds. The standard InChI is InChI=1S/C17H20O2S2/c1-5-10(2)16-13(8-11(3)17(18)19)9-15(21-16)14-7-6-12(4)20-14/h5-7,9,11H,8H2,1-4H3,(H,18,19). The molecule has 2 aromatic rings. The van der Waals surface area contributed by atoms with Crippen LogP contribution in [0.4, 0.5) is 0 Å². The number of allylic oxidation sites excluding steroid dienone is 2. The fraction of sp³-hybridized carbons (Fsp3) is 0.353. The Labute approximate surface area is 133 Å². The summed E-state index contributed by atoms with van der Waals surface area (Å²) in [6, 6.07) is 6.43. The Hall–Kier alpha value is -1.39. The summed E-state index contributed by atoms with van der Waals surface area (Å²) in [5.41, 5.74) is 2.36. The third-order valence-corrected chi connectivity index (χ3v) is 6.04. The zero-order chi connectivity index (χ0) is 15.6. The molecule has 0 spiro atoms. The van der Waals surface area contributed by atoms with Gasteiger partial charge in [-0.25, -0.2) is 0 Å². The third kappa shape index (κ3) is 3.63. The van der Waals surface area contributed by atoms with Crippen LogP contribution in [-0.2, 0) is 11.2 Å². The zero-order valence-electron chi connectivity index (χ0n) is 12.8. The van der Waals surface area contributed by atoms with Gasteiger partial charge in [-0.1, -0.05) is 13.0 Å². The lowest BCUT2D eigenvalue weighted by Gasteiger charge is -2.07. The molecule has 0 fully saturated rings. The van der Waals surface area contributed by atoms with E-state index in [9.17, 15) is 4.79 Å². The van der Waals surface area contributed by atoms with Gasteiger partial charge in [0, 0.05) is 19.5 Å². The number of aryl methyl sites for hydroxylation is 1. The number of carbonyl (C=O) groups is 1. The number of hydrogen-bond donors (Lipinski definition) is 1. The van der Waals surface area contributed by atoms with E-state index >= 15 is 0 Å². The van der Waals surface area contributed by atoms with Crippen molar-refractivity contribution in [3.63, 3.8) is 0 Å². The number of carboxylic acid groups (broad SMARTS) is 1. The summed E-state index contributed by atoms with van der Waals surface area (Å²) < 4.78 is 0. The molecule has 112 valence electrons. The second-order valence-corrected chi connectivity index (χ2v) is 7.63. The van der Waals surface area contributed by atoms with E-state index in [2.05, 4.69) is 38.1 Å². The first-order valence-corrected chi connectivity index (χ1v) is 8.61. The number of thiophene rings is 2. The van der Waals surface area contributed by atoms with Crippen LogP contribution in [0.15, 0.2) is 24.3 Å². The fourth-order valence-corrected chi connectivity index (χ4v) is 4.32. The highest BCUT2D eigenvalue weighted by Crippen LogP contribution is 2.39. The van der Waals surface area contributed by atoms with Gasteiger partial charge >= 0.3 is 5.97 Å². The monoisotopic (exact) mass is 320 g/mol. The molecule has 1 atom stereocenters. The van der Waals surface area contributed by atoms with Gasteiger partial charge in [0.1, 0.15) is 0 Å². The van der Waals surface area contributed by atoms with Crippen LogP contribution in [0.3, 0.4) is 0 Å². The highest BCUT2D eigenvalue weighted by Gasteiger charge is 2.18.